The van der Waals surface area contributed by atoms with E-state index in [1.54, 1.807) is 0 Å². The summed E-state index contributed by atoms with van der Waals surface area (Å²) in [7, 11) is 0. The normalized spacial score (nSPS) is 17.6. The number of aromatic nitrogens is 2. The summed E-state index contributed by atoms with van der Waals surface area (Å²) in [5.41, 5.74) is 0.565. The van der Waals surface area contributed by atoms with Gasteiger partial charge in [-0.2, -0.15) is 13.2 Å². The van der Waals surface area contributed by atoms with E-state index in [9.17, 15) is 17.6 Å². The Labute approximate surface area is 196 Å². The number of hydrogen-bond donors (Lipinski definition) is 0. The first-order valence-electron chi connectivity index (χ1n) is 11.9. The summed E-state index contributed by atoms with van der Waals surface area (Å²) in [4.78, 5) is 13.0. The van der Waals surface area contributed by atoms with E-state index < -0.39 is 11.9 Å². The second-order valence-electron chi connectivity index (χ2n) is 9.59. The number of anilines is 1. The fourth-order valence-electron chi connectivity index (χ4n) is 4.86. The van der Waals surface area contributed by atoms with Crippen LogP contribution in [0.2, 0.25) is 0 Å². The maximum Gasteiger partial charge on any atom is 0.433 e. The number of rotatable bonds is 7. The first-order valence-corrected chi connectivity index (χ1v) is 11.9. The zero-order chi connectivity index (χ0) is 23.7. The Morgan fingerprint density at radius 2 is 1.56 bits per heavy atom. The molecule has 8 heteroatoms. The van der Waals surface area contributed by atoms with Gasteiger partial charge < -0.3 is 4.90 Å². The molecule has 0 N–H and O–H groups in total. The van der Waals surface area contributed by atoms with Crippen LogP contribution in [0.1, 0.15) is 36.9 Å². The highest BCUT2D eigenvalue weighted by Crippen LogP contribution is 2.34. The molecule has 180 valence electrons. The van der Waals surface area contributed by atoms with E-state index in [4.69, 9.17) is 0 Å². The maximum absolute atomic E-state index is 13.3. The molecule has 5 rings (SSSR count). The minimum Gasteiger partial charge on any atom is -0.356 e. The second-order valence-corrected chi connectivity index (χ2v) is 9.59. The number of hydrogen-bond acceptors (Lipinski definition) is 4. The van der Waals surface area contributed by atoms with Gasteiger partial charge in [0.15, 0.2) is 0 Å². The molecule has 2 aliphatic rings. The van der Waals surface area contributed by atoms with Gasteiger partial charge in [-0.15, -0.1) is 0 Å². The third-order valence-electron chi connectivity index (χ3n) is 6.85. The first-order chi connectivity index (χ1) is 16.3. The predicted octanol–water partition coefficient (Wildman–Crippen LogP) is 5.92. The van der Waals surface area contributed by atoms with Gasteiger partial charge in [0.2, 0.25) is 0 Å². The number of halogens is 4. The molecule has 0 atom stereocenters. The minimum atomic E-state index is -4.46. The van der Waals surface area contributed by atoms with Crippen LogP contribution in [-0.4, -0.2) is 41.0 Å². The molecule has 0 spiro atoms. The Balaban J connectivity index is 1.24. The third kappa shape index (κ3) is 5.49. The average Bonchev–Trinajstić information content (AvgIpc) is 3.64. The van der Waals surface area contributed by atoms with Crippen LogP contribution in [0.5, 0.6) is 0 Å². The van der Waals surface area contributed by atoms with Crippen LogP contribution < -0.4 is 4.90 Å². The lowest BCUT2D eigenvalue weighted by Crippen LogP contribution is -2.39. The Morgan fingerprint density at radius 1 is 0.882 bits per heavy atom. The van der Waals surface area contributed by atoms with E-state index in [-0.39, 0.29) is 5.82 Å². The van der Waals surface area contributed by atoms with E-state index in [2.05, 4.69) is 19.8 Å². The quantitative estimate of drug-likeness (QED) is 0.400. The highest BCUT2D eigenvalue weighted by Gasteiger charge is 2.33. The lowest BCUT2D eigenvalue weighted by Gasteiger charge is -2.36. The molecule has 3 heterocycles. The predicted molar refractivity (Wildman–Crippen MR) is 124 cm³/mol. The standard InChI is InChI=1S/C26H28F4N4/c27-21-5-3-19(4-6-21)16-33(15-18-1-2-18)17-20-10-13-34(14-11-20)25-22-7-8-24(26(28,29)30)32-23(22)9-12-31-25/h3-9,12,18,20H,1-2,10-11,13-17H2. The van der Waals surface area contributed by atoms with Gasteiger partial charge in [-0.25, -0.2) is 14.4 Å². The Hall–Kier alpha value is -2.74. The van der Waals surface area contributed by atoms with E-state index in [0.29, 0.717) is 22.6 Å². The molecule has 2 aromatic heterocycles. The van der Waals surface area contributed by atoms with Gasteiger partial charge in [0, 0.05) is 44.3 Å². The molecule has 4 nitrogen and oxygen atoms in total. The van der Waals surface area contributed by atoms with Gasteiger partial charge in [0.05, 0.1) is 5.52 Å². The van der Waals surface area contributed by atoms with Crippen molar-refractivity contribution in [3.63, 3.8) is 0 Å². The van der Waals surface area contributed by atoms with Gasteiger partial charge in [-0.05, 0) is 73.4 Å². The van der Waals surface area contributed by atoms with Crippen LogP contribution in [0, 0.1) is 17.7 Å². The Kier molecular flexibility index (Phi) is 6.42. The van der Waals surface area contributed by atoms with Crippen molar-refractivity contribution in [3.05, 3.63) is 65.7 Å². The molecule has 1 aromatic carbocycles. The van der Waals surface area contributed by atoms with Crippen LogP contribution in [0.3, 0.4) is 0 Å². The third-order valence-corrected chi connectivity index (χ3v) is 6.85. The molecule has 1 aliphatic heterocycles. The largest absolute Gasteiger partial charge is 0.433 e. The number of piperidine rings is 1. The van der Waals surface area contributed by atoms with Gasteiger partial charge in [-0.1, -0.05) is 12.1 Å². The molecular weight excluding hydrogens is 444 g/mol. The van der Waals surface area contributed by atoms with Gasteiger partial charge in [0.25, 0.3) is 0 Å². The van der Waals surface area contributed by atoms with Gasteiger partial charge in [-0.3, -0.25) is 4.90 Å². The molecule has 0 unspecified atom stereocenters. The van der Waals surface area contributed by atoms with Crippen LogP contribution in [0.4, 0.5) is 23.4 Å². The SMILES string of the molecule is Fc1ccc(CN(CC2CC2)CC2CCN(c3nccc4nc(C(F)(F)F)ccc34)CC2)cc1. The molecule has 34 heavy (non-hydrogen) atoms. The number of nitrogens with zero attached hydrogens (tertiary/aromatic N) is 4. The molecule has 3 aromatic rings. The van der Waals surface area contributed by atoms with Crippen molar-refractivity contribution in [2.75, 3.05) is 31.1 Å². The topological polar surface area (TPSA) is 32.3 Å². The summed E-state index contributed by atoms with van der Waals surface area (Å²) in [5, 5.41) is 0.653. The Bertz CT molecular complexity index is 1120. The van der Waals surface area contributed by atoms with Crippen LogP contribution in [0.15, 0.2) is 48.7 Å². The second kappa shape index (κ2) is 9.49. The van der Waals surface area contributed by atoms with Crippen molar-refractivity contribution >= 4 is 16.7 Å². The molecule has 1 saturated carbocycles. The maximum atomic E-state index is 13.3. The highest BCUT2D eigenvalue weighted by molar-refractivity contribution is 5.89. The highest BCUT2D eigenvalue weighted by atomic mass is 19.4. The molecule has 0 amide bonds. The molecule has 0 bridgehead atoms. The molecule has 1 aliphatic carbocycles. The van der Waals surface area contributed by atoms with Crippen molar-refractivity contribution in [3.8, 4) is 0 Å². The van der Waals surface area contributed by atoms with Crippen molar-refractivity contribution in [1.29, 1.82) is 0 Å². The van der Waals surface area contributed by atoms with Crippen molar-refractivity contribution in [2.24, 2.45) is 11.8 Å². The fraction of sp³-hybridized carbons (Fsp3) is 0.462. The summed E-state index contributed by atoms with van der Waals surface area (Å²) >= 11 is 0. The van der Waals surface area contributed by atoms with Crippen LogP contribution >= 0.6 is 0 Å². The van der Waals surface area contributed by atoms with Crippen LogP contribution in [0.25, 0.3) is 10.9 Å². The summed E-state index contributed by atoms with van der Waals surface area (Å²) in [6.45, 7) is 4.53. The lowest BCUT2D eigenvalue weighted by atomic mass is 9.95. The minimum absolute atomic E-state index is 0.211. The van der Waals surface area contributed by atoms with E-state index in [1.807, 2.05) is 12.1 Å². The van der Waals surface area contributed by atoms with Crippen LogP contribution in [-0.2, 0) is 12.7 Å². The number of fused-ring (bicyclic) bond motifs is 1. The van der Waals surface area contributed by atoms with Gasteiger partial charge >= 0.3 is 6.18 Å². The van der Waals surface area contributed by atoms with Gasteiger partial charge in [0.1, 0.15) is 17.3 Å². The molecule has 1 saturated heterocycles. The first kappa shape index (κ1) is 23.0. The average molecular weight is 473 g/mol. The van der Waals surface area contributed by atoms with Crippen molar-refractivity contribution in [2.45, 2.75) is 38.4 Å². The summed E-state index contributed by atoms with van der Waals surface area (Å²) in [6.07, 6.45) is 1.64. The Morgan fingerprint density at radius 3 is 2.21 bits per heavy atom. The molecule has 2 fully saturated rings. The number of alkyl halides is 3. The zero-order valence-corrected chi connectivity index (χ0v) is 18.9. The summed E-state index contributed by atoms with van der Waals surface area (Å²) in [5.74, 6) is 1.81. The molecular formula is C26H28F4N4. The summed E-state index contributed by atoms with van der Waals surface area (Å²) in [6, 6.07) is 10.8. The number of pyridine rings is 2. The van der Waals surface area contributed by atoms with Crippen molar-refractivity contribution in [1.82, 2.24) is 14.9 Å². The monoisotopic (exact) mass is 472 g/mol. The van der Waals surface area contributed by atoms with E-state index in [1.165, 1.54) is 43.3 Å². The molecule has 0 radical (unpaired) electrons. The fourth-order valence-corrected chi connectivity index (χ4v) is 4.86. The summed E-state index contributed by atoms with van der Waals surface area (Å²) < 4.78 is 52.4. The van der Waals surface area contributed by atoms with E-state index >= 15 is 0 Å². The lowest BCUT2D eigenvalue weighted by molar-refractivity contribution is -0.140. The van der Waals surface area contributed by atoms with E-state index in [0.717, 1.165) is 63.1 Å². The zero-order valence-electron chi connectivity index (χ0n) is 18.9. The number of benzene rings is 1. The smallest absolute Gasteiger partial charge is 0.356 e. The van der Waals surface area contributed by atoms with Crippen molar-refractivity contribution < 1.29 is 17.6 Å².